The summed E-state index contributed by atoms with van der Waals surface area (Å²) in [6.45, 7) is 4.07. The number of thiophene rings is 1. The van der Waals surface area contributed by atoms with Gasteiger partial charge in [0, 0.05) is 10.4 Å². The van der Waals surface area contributed by atoms with E-state index in [2.05, 4.69) is 20.5 Å². The fourth-order valence-corrected chi connectivity index (χ4v) is 3.28. The number of nitrogens with one attached hydrogen (secondary N) is 1. The molecule has 24 heavy (non-hydrogen) atoms. The minimum atomic E-state index is -0.301. The molecule has 1 aromatic carbocycles. The minimum Gasteiger partial charge on any atom is -0.504 e. The molecular weight excluding hydrogens is 328 g/mol. The second-order valence-corrected chi connectivity index (χ2v) is 6.35. The zero-order valence-electron chi connectivity index (χ0n) is 13.4. The van der Waals surface area contributed by atoms with E-state index in [9.17, 15) is 10.2 Å². The van der Waals surface area contributed by atoms with Crippen LogP contribution in [0.5, 0.6) is 17.2 Å². The fourth-order valence-electron chi connectivity index (χ4n) is 2.28. The van der Waals surface area contributed by atoms with Gasteiger partial charge in [0.2, 0.25) is 5.75 Å². The molecule has 0 radical (unpaired) electrons. The van der Waals surface area contributed by atoms with Gasteiger partial charge in [-0.1, -0.05) is 0 Å². The van der Waals surface area contributed by atoms with Gasteiger partial charge < -0.3 is 14.9 Å². The van der Waals surface area contributed by atoms with E-state index in [-0.39, 0.29) is 17.2 Å². The van der Waals surface area contributed by atoms with E-state index < -0.39 is 0 Å². The molecule has 124 valence electrons. The van der Waals surface area contributed by atoms with Crippen LogP contribution in [0.25, 0.3) is 10.2 Å². The number of hydrazone groups is 1. The second kappa shape index (κ2) is 6.32. The Bertz CT molecular complexity index is 937. The SMILES string of the molecule is COc1cc(/C=N/Nc2ncnc3sc(C)c(C)c23)cc(O)c1O. The summed E-state index contributed by atoms with van der Waals surface area (Å²) in [6.07, 6.45) is 3.00. The normalized spacial score (nSPS) is 11.3. The maximum atomic E-state index is 9.68. The Hall–Kier alpha value is -2.87. The van der Waals surface area contributed by atoms with Crippen LogP contribution in [0.1, 0.15) is 16.0 Å². The lowest BCUT2D eigenvalue weighted by atomic mass is 10.2. The van der Waals surface area contributed by atoms with Gasteiger partial charge in [0.25, 0.3) is 0 Å². The van der Waals surface area contributed by atoms with Crippen molar-refractivity contribution in [3.8, 4) is 17.2 Å². The molecule has 7 nitrogen and oxygen atoms in total. The Morgan fingerprint density at radius 3 is 2.79 bits per heavy atom. The Morgan fingerprint density at radius 2 is 2.04 bits per heavy atom. The molecule has 0 amide bonds. The Morgan fingerprint density at radius 1 is 1.25 bits per heavy atom. The molecule has 0 aliphatic rings. The number of aromatic hydroxyl groups is 2. The van der Waals surface area contributed by atoms with E-state index in [1.165, 1.54) is 30.6 Å². The summed E-state index contributed by atoms with van der Waals surface area (Å²) < 4.78 is 5.00. The number of anilines is 1. The first-order chi connectivity index (χ1) is 11.5. The number of ether oxygens (including phenoxy) is 1. The summed E-state index contributed by atoms with van der Waals surface area (Å²) in [5.74, 6) is 0.215. The lowest BCUT2D eigenvalue weighted by molar-refractivity contribution is 0.351. The monoisotopic (exact) mass is 344 g/mol. The van der Waals surface area contributed by atoms with Crippen LogP contribution >= 0.6 is 11.3 Å². The van der Waals surface area contributed by atoms with Crippen molar-refractivity contribution in [3.63, 3.8) is 0 Å². The highest BCUT2D eigenvalue weighted by molar-refractivity contribution is 7.18. The van der Waals surface area contributed by atoms with Crippen molar-refractivity contribution in [1.82, 2.24) is 9.97 Å². The minimum absolute atomic E-state index is 0.171. The van der Waals surface area contributed by atoms with Gasteiger partial charge in [0.15, 0.2) is 17.3 Å². The molecule has 0 bridgehead atoms. The quantitative estimate of drug-likeness (QED) is 0.382. The summed E-state index contributed by atoms with van der Waals surface area (Å²) in [7, 11) is 1.41. The summed E-state index contributed by atoms with van der Waals surface area (Å²) in [5, 5.41) is 24.4. The smallest absolute Gasteiger partial charge is 0.200 e. The number of benzene rings is 1. The van der Waals surface area contributed by atoms with E-state index in [4.69, 9.17) is 4.74 Å². The average molecular weight is 344 g/mol. The summed E-state index contributed by atoms with van der Waals surface area (Å²) >= 11 is 1.61. The number of hydrogen-bond donors (Lipinski definition) is 3. The van der Waals surface area contributed by atoms with Crippen LogP contribution in [0.15, 0.2) is 23.6 Å². The molecule has 0 aliphatic heterocycles. The van der Waals surface area contributed by atoms with Crippen molar-refractivity contribution >= 4 is 33.6 Å². The van der Waals surface area contributed by atoms with Crippen molar-refractivity contribution in [2.24, 2.45) is 5.10 Å². The van der Waals surface area contributed by atoms with Crippen molar-refractivity contribution in [2.75, 3.05) is 12.5 Å². The predicted octanol–water partition coefficient (Wildman–Crippen LogP) is 3.17. The van der Waals surface area contributed by atoms with Gasteiger partial charge in [-0.05, 0) is 31.5 Å². The highest BCUT2D eigenvalue weighted by Gasteiger charge is 2.11. The van der Waals surface area contributed by atoms with Crippen molar-refractivity contribution in [2.45, 2.75) is 13.8 Å². The lowest BCUT2D eigenvalue weighted by Gasteiger charge is -2.06. The topological polar surface area (TPSA) is 99.9 Å². The molecule has 2 aromatic heterocycles. The van der Waals surface area contributed by atoms with Crippen LogP contribution in [0.2, 0.25) is 0 Å². The third-order valence-electron chi connectivity index (χ3n) is 3.65. The van der Waals surface area contributed by atoms with Gasteiger partial charge in [-0.2, -0.15) is 5.10 Å². The molecule has 8 heteroatoms. The van der Waals surface area contributed by atoms with Crippen LogP contribution in [-0.4, -0.2) is 33.5 Å². The number of aryl methyl sites for hydroxylation is 2. The van der Waals surface area contributed by atoms with Gasteiger partial charge >= 0.3 is 0 Å². The number of methoxy groups -OCH3 is 1. The molecule has 0 fully saturated rings. The van der Waals surface area contributed by atoms with E-state index in [1.807, 2.05) is 13.8 Å². The van der Waals surface area contributed by atoms with E-state index >= 15 is 0 Å². The van der Waals surface area contributed by atoms with Crippen molar-refractivity contribution in [3.05, 3.63) is 34.5 Å². The number of fused-ring (bicyclic) bond motifs is 1. The average Bonchev–Trinajstić information content (AvgIpc) is 2.86. The van der Waals surface area contributed by atoms with Crippen molar-refractivity contribution < 1.29 is 14.9 Å². The molecule has 3 aromatic rings. The molecule has 0 atom stereocenters. The van der Waals surface area contributed by atoms with E-state index in [1.54, 1.807) is 17.4 Å². The molecule has 0 saturated carbocycles. The predicted molar refractivity (Wildman–Crippen MR) is 94.4 cm³/mol. The Labute approximate surface area is 142 Å². The van der Waals surface area contributed by atoms with E-state index in [0.29, 0.717) is 11.4 Å². The summed E-state index contributed by atoms with van der Waals surface area (Å²) in [6, 6.07) is 2.95. The molecule has 0 aliphatic carbocycles. The van der Waals surface area contributed by atoms with Crippen LogP contribution in [0, 0.1) is 13.8 Å². The molecular formula is C16H16N4O3S. The zero-order valence-corrected chi connectivity index (χ0v) is 14.2. The van der Waals surface area contributed by atoms with Crippen molar-refractivity contribution in [1.29, 1.82) is 0 Å². The number of hydrogen-bond acceptors (Lipinski definition) is 8. The van der Waals surface area contributed by atoms with Crippen LogP contribution in [-0.2, 0) is 0 Å². The van der Waals surface area contributed by atoms with Crippen LogP contribution in [0.4, 0.5) is 5.82 Å². The first kappa shape index (κ1) is 16.0. The molecule has 0 unspecified atom stereocenters. The Balaban J connectivity index is 1.89. The van der Waals surface area contributed by atoms with Gasteiger partial charge in [-0.15, -0.1) is 11.3 Å². The third-order valence-corrected chi connectivity index (χ3v) is 4.76. The first-order valence-corrected chi connectivity index (χ1v) is 7.92. The molecule has 2 heterocycles. The maximum Gasteiger partial charge on any atom is 0.200 e. The van der Waals surface area contributed by atoms with Crippen LogP contribution in [0.3, 0.4) is 0 Å². The fraction of sp³-hybridized carbons (Fsp3) is 0.188. The molecule has 0 spiro atoms. The molecule has 3 N–H and O–H groups in total. The lowest BCUT2D eigenvalue weighted by Crippen LogP contribution is -1.96. The Kier molecular flexibility index (Phi) is 4.22. The number of aromatic nitrogens is 2. The van der Waals surface area contributed by atoms with E-state index in [0.717, 1.165) is 15.8 Å². The highest BCUT2D eigenvalue weighted by atomic mass is 32.1. The zero-order chi connectivity index (χ0) is 17.3. The highest BCUT2D eigenvalue weighted by Crippen LogP contribution is 2.36. The van der Waals surface area contributed by atoms with Gasteiger partial charge in [0.1, 0.15) is 11.2 Å². The second-order valence-electron chi connectivity index (χ2n) is 5.15. The van der Waals surface area contributed by atoms with Crippen LogP contribution < -0.4 is 10.2 Å². The summed E-state index contributed by atoms with van der Waals surface area (Å²) in [4.78, 5) is 10.6. The molecule has 0 saturated heterocycles. The maximum absolute atomic E-state index is 9.68. The number of phenols is 2. The van der Waals surface area contributed by atoms with Gasteiger partial charge in [-0.25, -0.2) is 9.97 Å². The summed E-state index contributed by atoms with van der Waals surface area (Å²) in [5.41, 5.74) is 4.59. The van der Waals surface area contributed by atoms with Gasteiger partial charge in [0.05, 0.1) is 18.7 Å². The molecule has 3 rings (SSSR count). The number of phenolic OH excluding ortho intramolecular Hbond substituents is 2. The first-order valence-electron chi connectivity index (χ1n) is 7.11. The largest absolute Gasteiger partial charge is 0.504 e. The van der Waals surface area contributed by atoms with Gasteiger partial charge in [-0.3, -0.25) is 5.43 Å². The standard InChI is InChI=1S/C16H16N4O3S/c1-8-9(2)24-16-13(8)15(17-7-18-16)20-19-6-10-4-11(21)14(22)12(5-10)23-3/h4-7,21-22H,1-3H3,(H,17,18,20)/b19-6+. The number of nitrogens with zero attached hydrogens (tertiary/aromatic N) is 3. The number of rotatable bonds is 4. The third kappa shape index (κ3) is 2.83.